The van der Waals surface area contributed by atoms with Crippen molar-refractivity contribution in [2.45, 2.75) is 6.42 Å². The topological polar surface area (TPSA) is 50.7 Å². The molecule has 0 spiro atoms. The summed E-state index contributed by atoms with van der Waals surface area (Å²) in [5.74, 6) is 2.35. The molecule has 0 atom stereocenters. The van der Waals surface area contributed by atoms with Gasteiger partial charge in [-0.25, -0.2) is 0 Å². The molecule has 2 rings (SSSR count). The van der Waals surface area contributed by atoms with Crippen molar-refractivity contribution in [1.82, 2.24) is 5.32 Å². The lowest BCUT2D eigenvalue weighted by molar-refractivity contribution is 0.310. The Kier molecular flexibility index (Phi) is 5.84. The zero-order valence-electron chi connectivity index (χ0n) is 11.5. The molecule has 0 radical (unpaired) electrons. The van der Waals surface area contributed by atoms with E-state index < -0.39 is 0 Å². The zero-order chi connectivity index (χ0) is 14.9. The molecule has 0 aliphatic heterocycles. The van der Waals surface area contributed by atoms with E-state index in [-0.39, 0.29) is 5.17 Å². The van der Waals surface area contributed by atoms with E-state index in [4.69, 9.17) is 14.6 Å². The van der Waals surface area contributed by atoms with Gasteiger partial charge in [0.1, 0.15) is 17.2 Å². The maximum absolute atomic E-state index is 8.79. The predicted octanol–water partition coefficient (Wildman–Crippen LogP) is 3.68. The van der Waals surface area contributed by atoms with Crippen molar-refractivity contribution in [3.05, 3.63) is 54.6 Å². The molecule has 0 aliphatic carbocycles. The number of rotatable bonds is 7. The fraction of sp³-hybridized carbons (Fsp3) is 0.188. The van der Waals surface area contributed by atoms with Crippen molar-refractivity contribution in [3.8, 4) is 17.2 Å². The molecule has 2 aromatic carbocycles. The second-order valence-electron chi connectivity index (χ2n) is 4.32. The van der Waals surface area contributed by atoms with E-state index in [1.807, 2.05) is 54.6 Å². The van der Waals surface area contributed by atoms with Gasteiger partial charge in [0.05, 0.1) is 6.61 Å². The van der Waals surface area contributed by atoms with Gasteiger partial charge in [-0.3, -0.25) is 0 Å². The van der Waals surface area contributed by atoms with Gasteiger partial charge >= 0.3 is 0 Å². The normalized spacial score (nSPS) is 9.90. The van der Waals surface area contributed by atoms with E-state index in [9.17, 15) is 0 Å². The number of aliphatic hydroxyl groups excluding tert-OH is 1. The lowest BCUT2D eigenvalue weighted by atomic mass is 10.3. The molecule has 0 amide bonds. The average Bonchev–Trinajstić information content (AvgIpc) is 2.49. The van der Waals surface area contributed by atoms with Gasteiger partial charge in [-0.15, -0.1) is 0 Å². The maximum Gasteiger partial charge on any atom is 0.254 e. The molecule has 0 saturated carbocycles. The smallest absolute Gasteiger partial charge is 0.254 e. The minimum Gasteiger partial charge on any atom is -0.494 e. The first kappa shape index (κ1) is 15.1. The van der Waals surface area contributed by atoms with Gasteiger partial charge in [0.25, 0.3) is 5.17 Å². The second kappa shape index (κ2) is 8.11. The van der Waals surface area contributed by atoms with Gasteiger partial charge in [0, 0.05) is 6.54 Å². The third kappa shape index (κ3) is 5.71. The molecular weight excluding hydrogens is 286 g/mol. The van der Waals surface area contributed by atoms with Crippen molar-refractivity contribution in [2.75, 3.05) is 13.2 Å². The third-order valence-corrected chi connectivity index (χ3v) is 2.81. The molecule has 21 heavy (non-hydrogen) atoms. The number of nitrogens with one attached hydrogen (secondary N) is 1. The number of hydrogen-bond donors (Lipinski definition) is 2. The first-order valence-electron chi connectivity index (χ1n) is 6.66. The Morgan fingerprint density at radius 3 is 2.24 bits per heavy atom. The number of benzene rings is 2. The summed E-state index contributed by atoms with van der Waals surface area (Å²) in [7, 11) is 0. The van der Waals surface area contributed by atoms with Gasteiger partial charge in [-0.1, -0.05) is 18.2 Å². The summed E-state index contributed by atoms with van der Waals surface area (Å²) in [4.78, 5) is 0. The Balaban J connectivity index is 1.75. The fourth-order valence-electron chi connectivity index (χ4n) is 1.69. The minimum atomic E-state index is -0.183. The summed E-state index contributed by atoms with van der Waals surface area (Å²) in [5, 5.41) is 11.3. The molecule has 5 heteroatoms. The van der Waals surface area contributed by atoms with E-state index in [1.165, 1.54) is 0 Å². The van der Waals surface area contributed by atoms with E-state index in [1.54, 1.807) is 0 Å². The molecule has 0 aromatic heterocycles. The Morgan fingerprint density at radius 1 is 0.952 bits per heavy atom. The molecule has 110 valence electrons. The molecule has 0 heterocycles. The average molecular weight is 303 g/mol. The highest BCUT2D eigenvalue weighted by Crippen LogP contribution is 2.23. The van der Waals surface area contributed by atoms with Crippen molar-refractivity contribution in [1.29, 1.82) is 0 Å². The van der Waals surface area contributed by atoms with E-state index >= 15 is 0 Å². The summed E-state index contributed by atoms with van der Waals surface area (Å²) in [6.45, 7) is 1.14. The highest BCUT2D eigenvalue weighted by Gasteiger charge is 1.98. The van der Waals surface area contributed by atoms with Crippen molar-refractivity contribution in [2.24, 2.45) is 0 Å². The molecule has 0 fully saturated rings. The summed E-state index contributed by atoms with van der Waals surface area (Å²) >= 11 is 4.50. The Morgan fingerprint density at radius 2 is 1.57 bits per heavy atom. The van der Waals surface area contributed by atoms with Crippen LogP contribution < -0.4 is 14.8 Å². The number of thiocarbonyl (C=S) groups is 1. The van der Waals surface area contributed by atoms with Crippen molar-refractivity contribution in [3.63, 3.8) is 0 Å². The molecule has 0 bridgehead atoms. The number of hydrogen-bond acceptors (Lipinski definition) is 3. The Labute approximate surface area is 129 Å². The van der Waals surface area contributed by atoms with Crippen LogP contribution in [0.4, 0.5) is 0 Å². The van der Waals surface area contributed by atoms with Crippen LogP contribution in [0.3, 0.4) is 0 Å². The summed E-state index contributed by atoms with van der Waals surface area (Å²) < 4.78 is 11.3. The molecule has 2 N–H and O–H groups in total. The lowest BCUT2D eigenvalue weighted by Crippen LogP contribution is -2.22. The second-order valence-corrected chi connectivity index (χ2v) is 4.71. The fourth-order valence-corrected chi connectivity index (χ4v) is 1.79. The Hall–Kier alpha value is -2.27. The molecule has 0 saturated heterocycles. The summed E-state index contributed by atoms with van der Waals surface area (Å²) in [6.07, 6.45) is 0.753. The van der Waals surface area contributed by atoms with Crippen LogP contribution in [0.5, 0.6) is 17.2 Å². The number of ether oxygens (including phenoxy) is 2. The Bertz CT molecular complexity index is 557. The van der Waals surface area contributed by atoms with E-state index in [0.717, 1.165) is 23.7 Å². The standard InChI is InChI=1S/C16H17NO3S/c18-16(21)17-11-4-12-19-13-7-9-15(10-8-13)20-14-5-2-1-3-6-14/h1-3,5-10H,4,11-12H2,(H2,17,18,21). The third-order valence-electron chi connectivity index (χ3n) is 2.67. The van der Waals surface area contributed by atoms with Crippen molar-refractivity contribution < 1.29 is 14.6 Å². The SMILES string of the molecule is OC(=S)NCCCOc1ccc(Oc2ccccc2)cc1. The van der Waals surface area contributed by atoms with Gasteiger partial charge in [0.15, 0.2) is 0 Å². The number of para-hydroxylation sites is 1. The quantitative estimate of drug-likeness (QED) is 0.603. The van der Waals surface area contributed by atoms with Crippen LogP contribution in [0.1, 0.15) is 6.42 Å². The van der Waals surface area contributed by atoms with Crippen LogP contribution in [0, 0.1) is 0 Å². The summed E-state index contributed by atoms with van der Waals surface area (Å²) in [6, 6.07) is 17.1. The highest BCUT2D eigenvalue weighted by atomic mass is 32.1. The van der Waals surface area contributed by atoms with Crippen LogP contribution in [0.25, 0.3) is 0 Å². The molecular formula is C16H17NO3S. The van der Waals surface area contributed by atoms with Gasteiger partial charge in [-0.05, 0) is 55.0 Å². The zero-order valence-corrected chi connectivity index (χ0v) is 12.3. The first-order valence-corrected chi connectivity index (χ1v) is 7.07. The van der Waals surface area contributed by atoms with Gasteiger partial charge < -0.3 is 19.9 Å². The van der Waals surface area contributed by atoms with Crippen LogP contribution in [0.2, 0.25) is 0 Å². The molecule has 2 aromatic rings. The maximum atomic E-state index is 8.79. The van der Waals surface area contributed by atoms with Crippen LogP contribution in [-0.4, -0.2) is 23.4 Å². The molecule has 0 aliphatic rings. The minimum absolute atomic E-state index is 0.183. The van der Waals surface area contributed by atoms with E-state index in [0.29, 0.717) is 13.2 Å². The lowest BCUT2D eigenvalue weighted by Gasteiger charge is -2.08. The van der Waals surface area contributed by atoms with E-state index in [2.05, 4.69) is 17.5 Å². The largest absolute Gasteiger partial charge is 0.494 e. The van der Waals surface area contributed by atoms with Crippen LogP contribution >= 0.6 is 12.2 Å². The predicted molar refractivity (Wildman–Crippen MR) is 86.3 cm³/mol. The van der Waals surface area contributed by atoms with Crippen molar-refractivity contribution >= 4 is 17.4 Å². The highest BCUT2D eigenvalue weighted by molar-refractivity contribution is 7.79. The molecule has 0 unspecified atom stereocenters. The van der Waals surface area contributed by atoms with Gasteiger partial charge in [-0.2, -0.15) is 0 Å². The van der Waals surface area contributed by atoms with Crippen LogP contribution in [0.15, 0.2) is 54.6 Å². The van der Waals surface area contributed by atoms with Gasteiger partial charge in [0.2, 0.25) is 0 Å². The monoisotopic (exact) mass is 303 g/mol. The number of aliphatic hydroxyl groups is 1. The summed E-state index contributed by atoms with van der Waals surface area (Å²) in [5.41, 5.74) is 0. The first-order chi connectivity index (χ1) is 10.2. The molecule has 4 nitrogen and oxygen atoms in total. The van der Waals surface area contributed by atoms with Crippen LogP contribution in [-0.2, 0) is 0 Å².